The maximum absolute atomic E-state index is 13.5. The Morgan fingerprint density at radius 2 is 2.20 bits per heavy atom. The first-order valence-electron chi connectivity index (χ1n) is 5.01. The van der Waals surface area contributed by atoms with Crippen molar-refractivity contribution in [2.24, 2.45) is 0 Å². The van der Waals surface area contributed by atoms with Gasteiger partial charge in [0.1, 0.15) is 5.82 Å². The molecule has 1 atom stereocenters. The van der Waals surface area contributed by atoms with E-state index >= 15 is 0 Å². The second kappa shape index (κ2) is 5.31. The first kappa shape index (κ1) is 12.2. The molecule has 3 heteroatoms. The molecule has 1 aromatic carbocycles. The summed E-state index contributed by atoms with van der Waals surface area (Å²) in [4.78, 5) is 11.6. The molecule has 0 fully saturated rings. The van der Waals surface area contributed by atoms with Crippen LogP contribution in [0.2, 0.25) is 0 Å². The number of halogens is 1. The number of benzene rings is 1. The topological polar surface area (TPSA) is 17.1 Å². The molecule has 0 saturated heterocycles. The monoisotopic (exact) mass is 226 g/mol. The Bertz CT molecular complexity index is 363. The van der Waals surface area contributed by atoms with Crippen LogP contribution in [0.5, 0.6) is 0 Å². The van der Waals surface area contributed by atoms with Crippen molar-refractivity contribution >= 4 is 17.5 Å². The van der Waals surface area contributed by atoms with Gasteiger partial charge in [-0.3, -0.25) is 4.79 Å². The standard InChI is InChI=1S/C12H15FOS/c1-4-8(2)15-12-6-5-10(9(3)14)7-11(12)13/h5-8H,4H2,1-3H3. The quantitative estimate of drug-likeness (QED) is 0.571. The van der Waals surface area contributed by atoms with Crippen molar-refractivity contribution in [3.05, 3.63) is 29.6 Å². The van der Waals surface area contributed by atoms with E-state index in [4.69, 9.17) is 0 Å². The Labute approximate surface area is 94.1 Å². The predicted octanol–water partition coefficient (Wildman–Crippen LogP) is 3.92. The summed E-state index contributed by atoms with van der Waals surface area (Å²) in [6.45, 7) is 5.57. The zero-order valence-electron chi connectivity index (χ0n) is 9.21. The Morgan fingerprint density at radius 1 is 1.53 bits per heavy atom. The summed E-state index contributed by atoms with van der Waals surface area (Å²) < 4.78 is 13.5. The molecule has 0 saturated carbocycles. The molecular formula is C12H15FOS. The summed E-state index contributed by atoms with van der Waals surface area (Å²) in [6, 6.07) is 4.67. The molecule has 0 heterocycles. The number of ketones is 1. The van der Waals surface area contributed by atoms with Gasteiger partial charge in [0, 0.05) is 15.7 Å². The summed E-state index contributed by atoms with van der Waals surface area (Å²) in [5, 5.41) is 0.391. The molecule has 82 valence electrons. The third-order valence-electron chi connectivity index (χ3n) is 2.24. The normalized spacial score (nSPS) is 12.5. The lowest BCUT2D eigenvalue weighted by molar-refractivity contribution is 0.101. The van der Waals surface area contributed by atoms with Crippen LogP contribution in [0.15, 0.2) is 23.1 Å². The van der Waals surface area contributed by atoms with Crippen molar-refractivity contribution < 1.29 is 9.18 Å². The van der Waals surface area contributed by atoms with E-state index in [-0.39, 0.29) is 11.6 Å². The number of hydrogen-bond donors (Lipinski definition) is 0. The van der Waals surface area contributed by atoms with E-state index in [1.54, 1.807) is 12.1 Å². The molecule has 0 bridgehead atoms. The maximum Gasteiger partial charge on any atom is 0.159 e. The summed E-state index contributed by atoms with van der Waals surface area (Å²) in [5.41, 5.74) is 0.431. The zero-order chi connectivity index (χ0) is 11.4. The van der Waals surface area contributed by atoms with Crippen molar-refractivity contribution in [3.8, 4) is 0 Å². The van der Waals surface area contributed by atoms with Crippen molar-refractivity contribution in [2.45, 2.75) is 37.3 Å². The van der Waals surface area contributed by atoms with Crippen molar-refractivity contribution in [2.75, 3.05) is 0 Å². The second-order valence-corrected chi connectivity index (χ2v) is 5.02. The lowest BCUT2D eigenvalue weighted by atomic mass is 10.1. The molecule has 0 aromatic heterocycles. The van der Waals surface area contributed by atoms with Gasteiger partial charge >= 0.3 is 0 Å². The number of carbonyl (C=O) groups is 1. The van der Waals surface area contributed by atoms with Crippen LogP contribution in [0.1, 0.15) is 37.6 Å². The van der Waals surface area contributed by atoms with Gasteiger partial charge in [0.2, 0.25) is 0 Å². The highest BCUT2D eigenvalue weighted by Crippen LogP contribution is 2.28. The molecule has 0 radical (unpaired) electrons. The SMILES string of the molecule is CCC(C)Sc1ccc(C(C)=O)cc1F. The van der Waals surface area contributed by atoms with Crippen LogP contribution in [0.25, 0.3) is 0 Å². The van der Waals surface area contributed by atoms with E-state index in [1.807, 2.05) is 0 Å². The fourth-order valence-electron chi connectivity index (χ4n) is 1.12. The Balaban J connectivity index is 2.88. The number of rotatable bonds is 4. The van der Waals surface area contributed by atoms with E-state index in [0.717, 1.165) is 6.42 Å². The van der Waals surface area contributed by atoms with Crippen molar-refractivity contribution in [1.29, 1.82) is 0 Å². The maximum atomic E-state index is 13.5. The van der Waals surface area contributed by atoms with E-state index in [9.17, 15) is 9.18 Å². The molecule has 0 spiro atoms. The molecule has 1 rings (SSSR count). The molecule has 1 aromatic rings. The molecule has 15 heavy (non-hydrogen) atoms. The molecule has 0 aliphatic rings. The van der Waals surface area contributed by atoms with Gasteiger partial charge in [0.05, 0.1) is 0 Å². The number of hydrogen-bond acceptors (Lipinski definition) is 2. The van der Waals surface area contributed by atoms with Gasteiger partial charge < -0.3 is 0 Å². The summed E-state index contributed by atoms with van der Waals surface area (Å²) in [6.07, 6.45) is 0.999. The van der Waals surface area contributed by atoms with Crippen LogP contribution >= 0.6 is 11.8 Å². The third kappa shape index (κ3) is 3.34. The van der Waals surface area contributed by atoms with E-state index < -0.39 is 0 Å². The number of thioether (sulfide) groups is 1. The fourth-order valence-corrected chi connectivity index (χ4v) is 2.03. The van der Waals surface area contributed by atoms with E-state index in [1.165, 1.54) is 24.8 Å². The number of Topliss-reactive ketones (excluding diaryl/α,β-unsaturated/α-hetero) is 1. The highest BCUT2D eigenvalue weighted by molar-refractivity contribution is 7.99. The van der Waals surface area contributed by atoms with Gasteiger partial charge in [0.15, 0.2) is 5.78 Å². The molecule has 0 N–H and O–H groups in total. The molecule has 0 amide bonds. The van der Waals surface area contributed by atoms with E-state index in [2.05, 4.69) is 13.8 Å². The van der Waals surface area contributed by atoms with Gasteiger partial charge in [-0.15, -0.1) is 11.8 Å². The molecular weight excluding hydrogens is 211 g/mol. The third-order valence-corrected chi connectivity index (χ3v) is 3.56. The van der Waals surface area contributed by atoms with Crippen LogP contribution in [0.3, 0.4) is 0 Å². The first-order chi connectivity index (χ1) is 7.04. The lowest BCUT2D eigenvalue weighted by Crippen LogP contribution is -1.97. The van der Waals surface area contributed by atoms with Crippen LogP contribution < -0.4 is 0 Å². The largest absolute Gasteiger partial charge is 0.295 e. The van der Waals surface area contributed by atoms with Crippen molar-refractivity contribution in [3.63, 3.8) is 0 Å². The number of carbonyl (C=O) groups excluding carboxylic acids is 1. The second-order valence-electron chi connectivity index (χ2n) is 3.54. The van der Waals surface area contributed by atoms with Crippen LogP contribution in [-0.4, -0.2) is 11.0 Å². The average Bonchev–Trinajstić information content (AvgIpc) is 2.20. The van der Waals surface area contributed by atoms with Gasteiger partial charge in [-0.05, 0) is 25.5 Å². The van der Waals surface area contributed by atoms with Gasteiger partial charge in [-0.1, -0.05) is 19.9 Å². The Hall–Kier alpha value is -0.830. The summed E-state index contributed by atoms with van der Waals surface area (Å²) >= 11 is 1.50. The minimum atomic E-state index is -0.298. The van der Waals surface area contributed by atoms with Crippen molar-refractivity contribution in [1.82, 2.24) is 0 Å². The molecule has 0 aliphatic carbocycles. The Kier molecular flexibility index (Phi) is 4.33. The van der Waals surface area contributed by atoms with Crippen LogP contribution in [0.4, 0.5) is 4.39 Å². The smallest absolute Gasteiger partial charge is 0.159 e. The summed E-state index contributed by atoms with van der Waals surface area (Å²) in [7, 11) is 0. The highest BCUT2D eigenvalue weighted by Gasteiger charge is 2.09. The predicted molar refractivity (Wildman–Crippen MR) is 62.0 cm³/mol. The van der Waals surface area contributed by atoms with E-state index in [0.29, 0.717) is 15.7 Å². The zero-order valence-corrected chi connectivity index (χ0v) is 10.0. The van der Waals surface area contributed by atoms with Gasteiger partial charge in [-0.25, -0.2) is 4.39 Å². The highest BCUT2D eigenvalue weighted by atomic mass is 32.2. The summed E-state index contributed by atoms with van der Waals surface area (Å²) in [5.74, 6) is -0.401. The van der Waals surface area contributed by atoms with Crippen LogP contribution in [-0.2, 0) is 0 Å². The molecule has 0 aliphatic heterocycles. The van der Waals surface area contributed by atoms with Gasteiger partial charge in [0.25, 0.3) is 0 Å². The fraction of sp³-hybridized carbons (Fsp3) is 0.417. The lowest BCUT2D eigenvalue weighted by Gasteiger charge is -2.09. The van der Waals surface area contributed by atoms with Gasteiger partial charge in [-0.2, -0.15) is 0 Å². The molecule has 1 nitrogen and oxygen atoms in total. The minimum Gasteiger partial charge on any atom is -0.295 e. The van der Waals surface area contributed by atoms with Crippen LogP contribution in [0, 0.1) is 5.82 Å². The average molecular weight is 226 g/mol. The minimum absolute atomic E-state index is 0.103. The Morgan fingerprint density at radius 3 is 2.67 bits per heavy atom. The first-order valence-corrected chi connectivity index (χ1v) is 5.89. The molecule has 1 unspecified atom stereocenters.